The predicted octanol–water partition coefficient (Wildman–Crippen LogP) is 2.66. The van der Waals surface area contributed by atoms with Crippen LogP contribution in [0.15, 0.2) is 41.7 Å². The highest BCUT2D eigenvalue weighted by Crippen LogP contribution is 2.20. The maximum atomic E-state index is 12.1. The van der Waals surface area contributed by atoms with E-state index in [2.05, 4.69) is 32.1 Å². The third-order valence-electron chi connectivity index (χ3n) is 3.83. The Morgan fingerprint density at radius 1 is 1.38 bits per heavy atom. The van der Waals surface area contributed by atoms with E-state index in [-0.39, 0.29) is 11.8 Å². The van der Waals surface area contributed by atoms with E-state index < -0.39 is 0 Å². The molecule has 8 heteroatoms. The van der Waals surface area contributed by atoms with Crippen molar-refractivity contribution in [2.75, 3.05) is 6.54 Å². The fourth-order valence-corrected chi connectivity index (χ4v) is 2.35. The zero-order valence-corrected chi connectivity index (χ0v) is 14.9. The Hall–Kier alpha value is -3.29. The number of carbonyl (C=O) groups excluding carboxylic acids is 1. The first-order valence-corrected chi connectivity index (χ1v) is 8.25. The number of rotatable bonds is 6. The molecule has 0 aliphatic heterocycles. The van der Waals surface area contributed by atoms with Gasteiger partial charge in [-0.2, -0.15) is 10.1 Å². The molecule has 0 saturated heterocycles. The van der Waals surface area contributed by atoms with Crippen molar-refractivity contribution in [2.24, 2.45) is 0 Å². The van der Waals surface area contributed by atoms with Crippen molar-refractivity contribution in [2.45, 2.75) is 26.7 Å². The third kappa shape index (κ3) is 3.39. The third-order valence-corrected chi connectivity index (χ3v) is 3.83. The molecule has 0 atom stereocenters. The van der Waals surface area contributed by atoms with E-state index >= 15 is 0 Å². The molecule has 8 nitrogen and oxygen atoms in total. The molecule has 3 rings (SSSR count). The molecular weight excluding hydrogens is 332 g/mol. The molecule has 0 saturated carbocycles. The summed E-state index contributed by atoms with van der Waals surface area (Å²) in [6, 6.07) is 3.62. The van der Waals surface area contributed by atoms with Crippen molar-refractivity contribution in [1.29, 1.82) is 0 Å². The summed E-state index contributed by atoms with van der Waals surface area (Å²) in [4.78, 5) is 20.9. The summed E-state index contributed by atoms with van der Waals surface area (Å²) in [6.07, 6.45) is 4.79. The molecule has 0 bridgehead atoms. The monoisotopic (exact) mass is 352 g/mol. The topological polar surface area (TPSA) is 98.7 Å². The van der Waals surface area contributed by atoms with Gasteiger partial charge in [0.2, 0.25) is 0 Å². The lowest BCUT2D eigenvalue weighted by molar-refractivity contribution is 0.0957. The fraction of sp³-hybridized carbons (Fsp3) is 0.278. The summed E-state index contributed by atoms with van der Waals surface area (Å²) in [5, 5.41) is 10.9. The summed E-state index contributed by atoms with van der Waals surface area (Å²) >= 11 is 0. The van der Waals surface area contributed by atoms with Crippen molar-refractivity contribution in [3.8, 4) is 17.3 Å². The van der Waals surface area contributed by atoms with E-state index in [1.54, 1.807) is 23.0 Å². The molecule has 0 aromatic carbocycles. The number of hydrogen-bond acceptors (Lipinski definition) is 6. The van der Waals surface area contributed by atoms with Gasteiger partial charge in [0.15, 0.2) is 11.6 Å². The van der Waals surface area contributed by atoms with Crippen LogP contribution >= 0.6 is 0 Å². The molecule has 0 radical (unpaired) electrons. The maximum absolute atomic E-state index is 12.1. The van der Waals surface area contributed by atoms with Crippen LogP contribution in [0.3, 0.4) is 0 Å². The van der Waals surface area contributed by atoms with Gasteiger partial charge in [-0.05, 0) is 19.1 Å². The van der Waals surface area contributed by atoms with Gasteiger partial charge in [0.1, 0.15) is 0 Å². The molecule has 3 aromatic rings. The minimum absolute atomic E-state index is 0.192. The average molecular weight is 352 g/mol. The van der Waals surface area contributed by atoms with Crippen LogP contribution < -0.4 is 5.32 Å². The Balaban J connectivity index is 1.83. The number of aromatic nitrogens is 5. The number of hydrogen-bond donors (Lipinski definition) is 1. The van der Waals surface area contributed by atoms with Crippen molar-refractivity contribution < 1.29 is 9.32 Å². The molecule has 3 heterocycles. The van der Waals surface area contributed by atoms with Gasteiger partial charge < -0.3 is 9.84 Å². The number of carbonyl (C=O) groups is 1. The molecule has 26 heavy (non-hydrogen) atoms. The van der Waals surface area contributed by atoms with Gasteiger partial charge in [-0.1, -0.05) is 25.1 Å². The quantitative estimate of drug-likeness (QED) is 0.685. The highest BCUT2D eigenvalue weighted by molar-refractivity contribution is 5.95. The van der Waals surface area contributed by atoms with Gasteiger partial charge in [-0.3, -0.25) is 4.79 Å². The van der Waals surface area contributed by atoms with Gasteiger partial charge in [-0.25, -0.2) is 9.67 Å². The van der Waals surface area contributed by atoms with Gasteiger partial charge in [0.05, 0.1) is 23.0 Å². The van der Waals surface area contributed by atoms with Crippen LogP contribution in [0.5, 0.6) is 0 Å². The van der Waals surface area contributed by atoms with Crippen LogP contribution in [0.1, 0.15) is 41.6 Å². The number of nitrogens with zero attached hydrogens (tertiary/aromatic N) is 5. The van der Waals surface area contributed by atoms with E-state index in [0.29, 0.717) is 35.3 Å². The zero-order valence-electron chi connectivity index (χ0n) is 14.9. The molecule has 134 valence electrons. The van der Waals surface area contributed by atoms with Gasteiger partial charge in [-0.15, -0.1) is 6.58 Å². The van der Waals surface area contributed by atoms with Gasteiger partial charge >= 0.3 is 0 Å². The van der Waals surface area contributed by atoms with E-state index in [4.69, 9.17) is 4.52 Å². The minimum Gasteiger partial charge on any atom is -0.348 e. The fourth-order valence-electron chi connectivity index (χ4n) is 2.35. The van der Waals surface area contributed by atoms with Crippen LogP contribution in [0.25, 0.3) is 17.3 Å². The predicted molar refractivity (Wildman–Crippen MR) is 96.0 cm³/mol. The summed E-state index contributed by atoms with van der Waals surface area (Å²) < 4.78 is 6.88. The standard InChI is InChI=1S/C18H20N6O2/c1-5-8-19-17(25)14-10-21-24(12(14)4)15-7-6-13(9-20-15)18-22-16(11(2)3)23-26-18/h5-7,9-11H,1,8H2,2-4H3,(H,19,25). The van der Waals surface area contributed by atoms with E-state index in [1.165, 1.54) is 6.20 Å². The highest BCUT2D eigenvalue weighted by atomic mass is 16.5. The first kappa shape index (κ1) is 17.5. The van der Waals surface area contributed by atoms with E-state index in [9.17, 15) is 4.79 Å². The molecule has 0 fully saturated rings. The van der Waals surface area contributed by atoms with Gasteiger partial charge in [0, 0.05) is 18.7 Å². The first-order valence-electron chi connectivity index (χ1n) is 8.25. The second kappa shape index (κ2) is 7.30. The van der Waals surface area contributed by atoms with Crippen LogP contribution in [-0.2, 0) is 0 Å². The zero-order chi connectivity index (χ0) is 18.7. The SMILES string of the molecule is C=CCNC(=O)c1cnn(-c2ccc(-c3nc(C(C)C)no3)cn2)c1C. The minimum atomic E-state index is -0.197. The first-order chi connectivity index (χ1) is 12.5. The van der Waals surface area contributed by atoms with Crippen molar-refractivity contribution in [3.05, 3.63) is 54.3 Å². The average Bonchev–Trinajstić information content (AvgIpc) is 3.27. The van der Waals surface area contributed by atoms with Crippen LogP contribution in [-0.4, -0.2) is 37.4 Å². The van der Waals surface area contributed by atoms with Crippen LogP contribution in [0.2, 0.25) is 0 Å². The Morgan fingerprint density at radius 3 is 2.81 bits per heavy atom. The smallest absolute Gasteiger partial charge is 0.259 e. The summed E-state index contributed by atoms with van der Waals surface area (Å²) in [5.41, 5.74) is 1.92. The Bertz CT molecular complexity index is 924. The van der Waals surface area contributed by atoms with E-state index in [0.717, 1.165) is 5.56 Å². The van der Waals surface area contributed by atoms with Crippen LogP contribution in [0.4, 0.5) is 0 Å². The van der Waals surface area contributed by atoms with Crippen molar-refractivity contribution in [1.82, 2.24) is 30.2 Å². The Labute approximate surface area is 150 Å². The number of amides is 1. The summed E-state index contributed by atoms with van der Waals surface area (Å²) in [5.74, 6) is 1.67. The molecule has 3 aromatic heterocycles. The van der Waals surface area contributed by atoms with Crippen molar-refractivity contribution >= 4 is 5.91 Å². The highest BCUT2D eigenvalue weighted by Gasteiger charge is 2.16. The molecule has 0 aliphatic rings. The van der Waals surface area contributed by atoms with Gasteiger partial charge in [0.25, 0.3) is 11.8 Å². The lowest BCUT2D eigenvalue weighted by atomic mass is 10.2. The lowest BCUT2D eigenvalue weighted by Crippen LogP contribution is -2.23. The maximum Gasteiger partial charge on any atom is 0.259 e. The Morgan fingerprint density at radius 2 is 2.19 bits per heavy atom. The molecule has 0 aliphatic carbocycles. The van der Waals surface area contributed by atoms with E-state index in [1.807, 2.05) is 26.8 Å². The van der Waals surface area contributed by atoms with Crippen LogP contribution in [0, 0.1) is 6.92 Å². The second-order valence-electron chi connectivity index (χ2n) is 6.07. The molecule has 0 spiro atoms. The van der Waals surface area contributed by atoms with Crippen molar-refractivity contribution in [3.63, 3.8) is 0 Å². The number of pyridine rings is 1. The molecule has 1 amide bonds. The summed E-state index contributed by atoms with van der Waals surface area (Å²) in [7, 11) is 0. The Kier molecular flexibility index (Phi) is 4.92. The normalized spacial score (nSPS) is 10.9. The molecule has 1 N–H and O–H groups in total. The largest absolute Gasteiger partial charge is 0.348 e. The molecule has 0 unspecified atom stereocenters. The second-order valence-corrected chi connectivity index (χ2v) is 6.07. The molecular formula is C18H20N6O2. The lowest BCUT2D eigenvalue weighted by Gasteiger charge is -2.05. The summed E-state index contributed by atoms with van der Waals surface area (Å²) in [6.45, 7) is 9.80. The number of nitrogens with one attached hydrogen (secondary N) is 1.